The van der Waals surface area contributed by atoms with E-state index in [2.05, 4.69) is 5.32 Å². The fraction of sp³-hybridized carbons (Fsp3) is 0.455. The van der Waals surface area contributed by atoms with Crippen LogP contribution >= 0.6 is 11.3 Å². The molecule has 2 aliphatic heterocycles. The van der Waals surface area contributed by atoms with E-state index in [-0.39, 0.29) is 23.1 Å². The molecule has 2 amide bonds. The minimum Gasteiger partial charge on any atom is -0.497 e. The number of carbonyl (C=O) groups is 2. The lowest BCUT2D eigenvalue weighted by molar-refractivity contribution is -0.130. The van der Waals surface area contributed by atoms with E-state index in [1.54, 1.807) is 30.6 Å². The van der Waals surface area contributed by atoms with Crippen LogP contribution in [0.15, 0.2) is 41.8 Å². The predicted octanol–water partition coefficient (Wildman–Crippen LogP) is 2.94. The normalized spacial score (nSPS) is 20.6. The zero-order valence-corrected chi connectivity index (χ0v) is 17.4. The third-order valence-electron chi connectivity index (χ3n) is 6.07. The van der Waals surface area contributed by atoms with Crippen molar-refractivity contribution >= 4 is 23.2 Å². The molecule has 2 aliphatic rings. The molecule has 0 bridgehead atoms. The van der Waals surface area contributed by atoms with Crippen molar-refractivity contribution in [2.24, 2.45) is 11.3 Å². The Morgan fingerprint density at radius 3 is 2.83 bits per heavy atom. The third-order valence-corrected chi connectivity index (χ3v) is 6.95. The summed E-state index contributed by atoms with van der Waals surface area (Å²) in [6, 6.07) is 11.2. The van der Waals surface area contributed by atoms with Crippen LogP contribution in [-0.2, 0) is 16.1 Å². The Morgan fingerprint density at radius 2 is 2.10 bits per heavy atom. The number of likely N-dealkylation sites (tertiary alicyclic amines) is 1. The number of thiophene rings is 1. The van der Waals surface area contributed by atoms with Crippen LogP contribution in [0, 0.1) is 11.3 Å². The van der Waals surface area contributed by atoms with E-state index >= 15 is 0 Å². The molecule has 1 unspecified atom stereocenters. The van der Waals surface area contributed by atoms with E-state index in [1.165, 1.54) is 0 Å². The first-order valence-corrected chi connectivity index (χ1v) is 10.8. The van der Waals surface area contributed by atoms with Gasteiger partial charge >= 0.3 is 0 Å². The summed E-state index contributed by atoms with van der Waals surface area (Å²) in [6.07, 6.45) is 1.60. The molecule has 0 saturated carbocycles. The Kier molecular flexibility index (Phi) is 5.87. The molecule has 4 rings (SSSR count). The molecule has 29 heavy (non-hydrogen) atoms. The van der Waals surface area contributed by atoms with Crippen molar-refractivity contribution in [2.45, 2.75) is 19.4 Å². The molecule has 0 radical (unpaired) electrons. The fourth-order valence-corrected chi connectivity index (χ4v) is 5.06. The molecule has 3 heterocycles. The van der Waals surface area contributed by atoms with E-state index in [0.29, 0.717) is 44.2 Å². The van der Waals surface area contributed by atoms with Gasteiger partial charge in [0.2, 0.25) is 5.91 Å². The first-order valence-electron chi connectivity index (χ1n) is 9.92. The van der Waals surface area contributed by atoms with Crippen LogP contribution in [-0.4, -0.2) is 50.1 Å². The maximum Gasteiger partial charge on any atom is 0.254 e. The number of nitrogens with one attached hydrogen (secondary N) is 1. The quantitative estimate of drug-likeness (QED) is 0.817. The van der Waals surface area contributed by atoms with Gasteiger partial charge in [-0.2, -0.15) is 0 Å². The first kappa shape index (κ1) is 19.9. The predicted molar refractivity (Wildman–Crippen MR) is 111 cm³/mol. The maximum atomic E-state index is 13.2. The highest BCUT2D eigenvalue weighted by atomic mass is 32.1. The standard InChI is InChI=1S/C22H26N2O4S/c1-27-17-5-2-4-16(12-17)21(26)24-14-19(22(15-24)7-9-28-10-8-22)20(25)23-13-18-6-3-11-29-18/h2-6,11-12,19H,7-10,13-15H2,1H3,(H,23,25). The zero-order valence-electron chi connectivity index (χ0n) is 16.6. The highest BCUT2D eigenvalue weighted by Gasteiger charge is 2.51. The van der Waals surface area contributed by atoms with Crippen molar-refractivity contribution in [3.05, 3.63) is 52.2 Å². The molecule has 154 valence electrons. The summed E-state index contributed by atoms with van der Waals surface area (Å²) in [4.78, 5) is 29.2. The van der Waals surface area contributed by atoms with Crippen molar-refractivity contribution < 1.29 is 19.1 Å². The molecule has 1 aromatic heterocycles. The highest BCUT2D eigenvalue weighted by Crippen LogP contribution is 2.45. The highest BCUT2D eigenvalue weighted by molar-refractivity contribution is 7.09. The van der Waals surface area contributed by atoms with E-state index in [0.717, 1.165) is 17.7 Å². The average Bonchev–Trinajstić information content (AvgIpc) is 3.40. The number of hydrogen-bond donors (Lipinski definition) is 1. The molecule has 2 aromatic rings. The van der Waals surface area contributed by atoms with Gasteiger partial charge in [0.05, 0.1) is 19.6 Å². The van der Waals surface area contributed by atoms with Crippen LogP contribution < -0.4 is 10.1 Å². The summed E-state index contributed by atoms with van der Waals surface area (Å²) < 4.78 is 10.8. The molecule has 1 spiro atoms. The van der Waals surface area contributed by atoms with E-state index in [9.17, 15) is 9.59 Å². The average molecular weight is 415 g/mol. The van der Waals surface area contributed by atoms with Gasteiger partial charge in [-0.25, -0.2) is 0 Å². The summed E-state index contributed by atoms with van der Waals surface area (Å²) in [6.45, 7) is 2.82. The van der Waals surface area contributed by atoms with Crippen LogP contribution in [0.5, 0.6) is 5.75 Å². The number of rotatable bonds is 5. The lowest BCUT2D eigenvalue weighted by Crippen LogP contribution is -2.44. The van der Waals surface area contributed by atoms with Gasteiger partial charge < -0.3 is 19.7 Å². The van der Waals surface area contributed by atoms with Gasteiger partial charge in [0.15, 0.2) is 0 Å². The lowest BCUT2D eigenvalue weighted by atomic mass is 9.72. The van der Waals surface area contributed by atoms with Crippen molar-refractivity contribution in [2.75, 3.05) is 33.4 Å². The number of hydrogen-bond acceptors (Lipinski definition) is 5. The Balaban J connectivity index is 1.52. The van der Waals surface area contributed by atoms with Crippen LogP contribution in [0.25, 0.3) is 0 Å². The molecule has 7 heteroatoms. The van der Waals surface area contributed by atoms with Gasteiger partial charge in [0.25, 0.3) is 5.91 Å². The van der Waals surface area contributed by atoms with Crippen molar-refractivity contribution in [1.82, 2.24) is 10.2 Å². The van der Waals surface area contributed by atoms with E-state index in [4.69, 9.17) is 9.47 Å². The van der Waals surface area contributed by atoms with Gasteiger partial charge in [-0.05, 0) is 42.5 Å². The fourth-order valence-electron chi connectivity index (χ4n) is 4.42. The van der Waals surface area contributed by atoms with Crippen molar-refractivity contribution in [3.63, 3.8) is 0 Å². The summed E-state index contributed by atoms with van der Waals surface area (Å²) in [5.41, 5.74) is 0.373. The van der Waals surface area contributed by atoms with Gasteiger partial charge in [0.1, 0.15) is 5.75 Å². The molecule has 1 atom stereocenters. The third kappa shape index (κ3) is 4.16. The van der Waals surface area contributed by atoms with E-state index < -0.39 is 0 Å². The summed E-state index contributed by atoms with van der Waals surface area (Å²) in [7, 11) is 1.59. The molecule has 0 aliphatic carbocycles. The van der Waals surface area contributed by atoms with Crippen LogP contribution in [0.1, 0.15) is 28.1 Å². The molecule has 2 fully saturated rings. The Bertz CT molecular complexity index is 861. The summed E-state index contributed by atoms with van der Waals surface area (Å²) >= 11 is 1.63. The molecule has 2 saturated heterocycles. The maximum absolute atomic E-state index is 13.2. The van der Waals surface area contributed by atoms with Gasteiger partial charge in [-0.3, -0.25) is 9.59 Å². The van der Waals surface area contributed by atoms with Crippen LogP contribution in [0.2, 0.25) is 0 Å². The number of methoxy groups -OCH3 is 1. The largest absolute Gasteiger partial charge is 0.497 e. The summed E-state index contributed by atoms with van der Waals surface area (Å²) in [5, 5.41) is 5.09. The number of ether oxygens (including phenoxy) is 2. The number of carbonyl (C=O) groups excluding carboxylic acids is 2. The Hall–Kier alpha value is -2.38. The smallest absolute Gasteiger partial charge is 0.254 e. The topological polar surface area (TPSA) is 67.9 Å². The SMILES string of the molecule is COc1cccc(C(=O)N2CC(C(=O)NCc3cccs3)C3(CCOCC3)C2)c1. The first-order chi connectivity index (χ1) is 14.1. The Morgan fingerprint density at radius 1 is 1.28 bits per heavy atom. The number of amides is 2. The van der Waals surface area contributed by atoms with Crippen LogP contribution in [0.3, 0.4) is 0 Å². The molecular weight excluding hydrogens is 388 g/mol. The zero-order chi connectivity index (χ0) is 20.3. The van der Waals surface area contributed by atoms with E-state index in [1.807, 2.05) is 34.5 Å². The summed E-state index contributed by atoms with van der Waals surface area (Å²) in [5.74, 6) is 0.409. The molecular formula is C22H26N2O4S. The second-order valence-corrected chi connectivity index (χ2v) is 8.77. The minimum atomic E-state index is -0.221. The van der Waals surface area contributed by atoms with Crippen LogP contribution in [0.4, 0.5) is 0 Å². The number of nitrogens with zero attached hydrogens (tertiary/aromatic N) is 1. The van der Waals surface area contributed by atoms with Gasteiger partial charge in [-0.1, -0.05) is 12.1 Å². The molecule has 1 aromatic carbocycles. The molecule has 6 nitrogen and oxygen atoms in total. The van der Waals surface area contributed by atoms with Gasteiger partial charge in [-0.15, -0.1) is 11.3 Å². The Labute approximate surface area is 174 Å². The second-order valence-electron chi connectivity index (χ2n) is 7.74. The van der Waals surface area contributed by atoms with Gasteiger partial charge in [0, 0.05) is 42.2 Å². The molecule has 1 N–H and O–H groups in total. The lowest BCUT2D eigenvalue weighted by Gasteiger charge is -2.37. The number of benzene rings is 1. The minimum absolute atomic E-state index is 0.0289. The van der Waals surface area contributed by atoms with Crippen molar-refractivity contribution in [1.29, 1.82) is 0 Å². The monoisotopic (exact) mass is 414 g/mol. The second kappa shape index (κ2) is 8.55. The van der Waals surface area contributed by atoms with Crippen molar-refractivity contribution in [3.8, 4) is 5.75 Å².